The van der Waals surface area contributed by atoms with Gasteiger partial charge in [-0.2, -0.15) is 13.2 Å². The third-order valence-corrected chi connectivity index (χ3v) is 5.98. The van der Waals surface area contributed by atoms with Crippen LogP contribution in [0, 0.1) is 0 Å². The second-order valence-electron chi connectivity index (χ2n) is 5.25. The Kier molecular flexibility index (Phi) is 4.05. The number of hydrogen-bond acceptors (Lipinski definition) is 3. The number of rotatable bonds is 2. The van der Waals surface area contributed by atoms with Crippen molar-refractivity contribution in [1.82, 2.24) is 0 Å². The molecule has 0 heterocycles. The van der Waals surface area contributed by atoms with Crippen molar-refractivity contribution in [2.24, 2.45) is 5.73 Å². The smallest absolute Gasteiger partial charge is 0.328 e. The van der Waals surface area contributed by atoms with E-state index in [1.54, 1.807) is 0 Å². The maximum absolute atomic E-state index is 14.7. The molecule has 2 N–H and O–H groups in total. The number of hydrogen-bond donors (Lipinski definition) is 1. The molecule has 1 aromatic carbocycles. The molecule has 0 atom stereocenters. The Hall–Kier alpha value is -1.15. The Morgan fingerprint density at radius 2 is 1.76 bits per heavy atom. The molecule has 8 heteroatoms. The van der Waals surface area contributed by atoms with Gasteiger partial charge in [-0.3, -0.25) is 0 Å². The molecule has 21 heavy (non-hydrogen) atoms. The zero-order valence-electron chi connectivity index (χ0n) is 11.0. The summed E-state index contributed by atoms with van der Waals surface area (Å²) in [7, 11) is -4.49. The van der Waals surface area contributed by atoms with E-state index in [4.69, 9.17) is 5.73 Å². The van der Waals surface area contributed by atoms with Crippen LogP contribution in [-0.4, -0.2) is 19.5 Å². The van der Waals surface area contributed by atoms with Gasteiger partial charge >= 0.3 is 6.18 Å². The number of benzene rings is 1. The summed E-state index contributed by atoms with van der Waals surface area (Å²) >= 11 is 0. The molecule has 118 valence electrons. The lowest BCUT2D eigenvalue weighted by atomic mass is 9.94. The van der Waals surface area contributed by atoms with Crippen LogP contribution in [0.4, 0.5) is 17.6 Å². The minimum atomic E-state index is -4.68. The van der Waals surface area contributed by atoms with Gasteiger partial charge in [-0.15, -0.1) is 0 Å². The lowest BCUT2D eigenvalue weighted by Crippen LogP contribution is -2.41. The molecule has 0 bridgehead atoms. The van der Waals surface area contributed by atoms with Gasteiger partial charge in [0.25, 0.3) is 0 Å². The van der Waals surface area contributed by atoms with Crippen LogP contribution in [0.1, 0.15) is 31.2 Å². The van der Waals surface area contributed by atoms with Crippen molar-refractivity contribution in [3.8, 4) is 0 Å². The first-order valence-corrected chi connectivity index (χ1v) is 7.91. The monoisotopic (exact) mass is 325 g/mol. The van der Waals surface area contributed by atoms with Crippen molar-refractivity contribution in [1.29, 1.82) is 0 Å². The minimum absolute atomic E-state index is 0.189. The van der Waals surface area contributed by atoms with E-state index in [1.807, 2.05) is 0 Å². The van der Waals surface area contributed by atoms with Gasteiger partial charge in [0.2, 0.25) is 14.8 Å². The van der Waals surface area contributed by atoms with Gasteiger partial charge in [-0.05, 0) is 43.9 Å². The van der Waals surface area contributed by atoms with Gasteiger partial charge in [-0.1, -0.05) is 6.07 Å². The first kappa shape index (κ1) is 16.2. The molecule has 0 aliphatic heterocycles. The maximum atomic E-state index is 14.7. The highest BCUT2D eigenvalue weighted by molar-refractivity contribution is 7.92. The van der Waals surface area contributed by atoms with Gasteiger partial charge in [-0.25, -0.2) is 12.8 Å². The second kappa shape index (κ2) is 5.24. The second-order valence-corrected chi connectivity index (χ2v) is 7.46. The van der Waals surface area contributed by atoms with Gasteiger partial charge in [0.1, 0.15) is 0 Å². The lowest BCUT2D eigenvalue weighted by molar-refractivity contribution is -0.137. The van der Waals surface area contributed by atoms with E-state index < -0.39 is 31.5 Å². The molecular formula is C13H15F4NO2S. The van der Waals surface area contributed by atoms with Crippen molar-refractivity contribution >= 4 is 9.84 Å². The van der Waals surface area contributed by atoms with Crippen LogP contribution < -0.4 is 5.73 Å². The average Bonchev–Trinajstić information content (AvgIpc) is 2.41. The maximum Gasteiger partial charge on any atom is 0.416 e. The zero-order chi connectivity index (χ0) is 15.9. The summed E-state index contributed by atoms with van der Waals surface area (Å²) in [5.74, 6) is 0. The molecule has 0 radical (unpaired) electrons. The van der Waals surface area contributed by atoms with E-state index in [2.05, 4.69) is 0 Å². The summed E-state index contributed by atoms with van der Waals surface area (Å²) < 4.78 is 77.3. The summed E-state index contributed by atoms with van der Waals surface area (Å²) in [6.45, 7) is 0. The summed E-state index contributed by atoms with van der Waals surface area (Å²) in [6, 6.07) is 2.91. The zero-order valence-corrected chi connectivity index (χ0v) is 11.8. The number of alkyl halides is 4. The van der Waals surface area contributed by atoms with Crippen LogP contribution in [0.25, 0.3) is 0 Å². The number of nitrogens with two attached hydrogens (primary N) is 1. The Morgan fingerprint density at radius 1 is 1.19 bits per heavy atom. The highest BCUT2D eigenvalue weighted by Crippen LogP contribution is 2.41. The topological polar surface area (TPSA) is 60.2 Å². The van der Waals surface area contributed by atoms with Gasteiger partial charge in [0, 0.05) is 6.04 Å². The molecule has 0 spiro atoms. The quantitative estimate of drug-likeness (QED) is 0.850. The van der Waals surface area contributed by atoms with Crippen molar-refractivity contribution in [3.63, 3.8) is 0 Å². The molecular weight excluding hydrogens is 310 g/mol. The third-order valence-electron chi connectivity index (χ3n) is 3.73. The van der Waals surface area contributed by atoms with Gasteiger partial charge < -0.3 is 5.73 Å². The Bertz CT molecular complexity index is 619. The number of sulfone groups is 1. The van der Waals surface area contributed by atoms with E-state index in [1.165, 1.54) is 0 Å². The standard InChI is InChI=1S/C13H15F4NO2S/c14-12(6-4-10(18)5-7-12)21(19,20)11-3-1-2-9(8-11)13(15,16)17/h1-3,8,10H,4-7,18H2/t10-,12-. The molecule has 1 saturated carbocycles. The molecule has 0 amide bonds. The summed E-state index contributed by atoms with van der Waals surface area (Å²) in [6.07, 6.45) is -4.90. The van der Waals surface area contributed by atoms with Crippen molar-refractivity contribution < 1.29 is 26.0 Å². The van der Waals surface area contributed by atoms with Crippen LogP contribution in [0.3, 0.4) is 0 Å². The van der Waals surface area contributed by atoms with Crippen LogP contribution in [0.15, 0.2) is 29.2 Å². The fraction of sp³-hybridized carbons (Fsp3) is 0.538. The van der Waals surface area contributed by atoms with Crippen LogP contribution in [0.5, 0.6) is 0 Å². The molecule has 1 aliphatic rings. The predicted octanol–water partition coefficient (Wildman–Crippen LogP) is 3.05. The molecule has 0 saturated heterocycles. The molecule has 3 nitrogen and oxygen atoms in total. The lowest BCUT2D eigenvalue weighted by Gasteiger charge is -2.32. The van der Waals surface area contributed by atoms with Crippen molar-refractivity contribution in [3.05, 3.63) is 29.8 Å². The molecule has 1 aliphatic carbocycles. The predicted molar refractivity (Wildman–Crippen MR) is 68.9 cm³/mol. The minimum Gasteiger partial charge on any atom is -0.328 e. The fourth-order valence-corrected chi connectivity index (χ4v) is 4.13. The largest absolute Gasteiger partial charge is 0.416 e. The Morgan fingerprint density at radius 3 is 2.29 bits per heavy atom. The van der Waals surface area contributed by atoms with Gasteiger partial charge in [0.05, 0.1) is 10.5 Å². The Balaban J connectivity index is 2.40. The summed E-state index contributed by atoms with van der Waals surface area (Å²) in [5, 5.41) is -2.55. The highest BCUT2D eigenvalue weighted by Gasteiger charge is 2.47. The van der Waals surface area contributed by atoms with E-state index >= 15 is 0 Å². The first-order valence-electron chi connectivity index (χ1n) is 6.43. The van der Waals surface area contributed by atoms with Crippen LogP contribution >= 0.6 is 0 Å². The average molecular weight is 325 g/mol. The first-order chi connectivity index (χ1) is 9.56. The third kappa shape index (κ3) is 3.06. The summed E-state index contributed by atoms with van der Waals surface area (Å²) in [4.78, 5) is -0.643. The normalized spacial score (nSPS) is 27.6. The van der Waals surface area contributed by atoms with Gasteiger partial charge in [0.15, 0.2) is 0 Å². The fourth-order valence-electron chi connectivity index (χ4n) is 2.39. The van der Waals surface area contributed by atoms with Crippen LogP contribution in [0.2, 0.25) is 0 Å². The van der Waals surface area contributed by atoms with Crippen molar-refractivity contribution in [2.75, 3.05) is 0 Å². The van der Waals surface area contributed by atoms with E-state index in [0.29, 0.717) is 6.07 Å². The summed E-state index contributed by atoms with van der Waals surface area (Å²) in [5.41, 5.74) is 4.50. The Labute approximate surface area is 120 Å². The van der Waals surface area contributed by atoms with E-state index in [0.717, 1.165) is 18.2 Å². The molecule has 0 aromatic heterocycles. The SMILES string of the molecule is N[C@H]1CC[C@](F)(S(=O)(=O)c2cccc(C(F)(F)F)c2)CC1. The molecule has 2 rings (SSSR count). The van der Waals surface area contributed by atoms with E-state index in [9.17, 15) is 26.0 Å². The highest BCUT2D eigenvalue weighted by atomic mass is 32.2. The van der Waals surface area contributed by atoms with E-state index in [-0.39, 0.29) is 31.7 Å². The van der Waals surface area contributed by atoms with Crippen molar-refractivity contribution in [2.45, 2.75) is 47.8 Å². The molecule has 1 aromatic rings. The van der Waals surface area contributed by atoms with Crippen LogP contribution in [-0.2, 0) is 16.0 Å². The molecule has 0 unspecified atom stereocenters. The number of halogens is 4. The molecule has 1 fully saturated rings.